The molecule has 2 aliphatic rings. The highest BCUT2D eigenvalue weighted by atomic mass is 14.5. The average Bonchev–Trinajstić information content (AvgIpc) is 2.40. The molecule has 2 aliphatic carbocycles. The highest BCUT2D eigenvalue weighted by Gasteiger charge is 2.49. The predicted molar refractivity (Wildman–Crippen MR) is 39.2 cm³/mol. The molecule has 0 aromatic heterocycles. The SMILES string of the molecule is CC1CC1C1(C)CCC1. The largest absolute Gasteiger partial charge is 0.0622 e. The van der Waals surface area contributed by atoms with Crippen molar-refractivity contribution in [1.82, 2.24) is 0 Å². The molecular weight excluding hydrogens is 108 g/mol. The summed E-state index contributed by atoms with van der Waals surface area (Å²) in [5.41, 5.74) is 0.805. The van der Waals surface area contributed by atoms with Crippen LogP contribution in [0.5, 0.6) is 0 Å². The minimum atomic E-state index is 0.805. The lowest BCUT2D eigenvalue weighted by molar-refractivity contribution is 0.120. The molecule has 2 saturated carbocycles. The van der Waals surface area contributed by atoms with Crippen LogP contribution >= 0.6 is 0 Å². The molecule has 9 heavy (non-hydrogen) atoms. The maximum atomic E-state index is 2.48. The van der Waals surface area contributed by atoms with E-state index in [2.05, 4.69) is 13.8 Å². The predicted octanol–water partition coefficient (Wildman–Crippen LogP) is 2.83. The molecule has 0 aromatic rings. The zero-order chi connectivity index (χ0) is 6.48. The van der Waals surface area contributed by atoms with E-state index in [0.29, 0.717) is 0 Å². The molecule has 2 atom stereocenters. The van der Waals surface area contributed by atoms with Crippen molar-refractivity contribution in [2.45, 2.75) is 39.5 Å². The van der Waals surface area contributed by atoms with E-state index in [4.69, 9.17) is 0 Å². The highest BCUT2D eigenvalue weighted by Crippen LogP contribution is 2.59. The van der Waals surface area contributed by atoms with Gasteiger partial charge in [0.2, 0.25) is 0 Å². The monoisotopic (exact) mass is 124 g/mol. The molecule has 0 N–H and O–H groups in total. The van der Waals surface area contributed by atoms with Crippen LogP contribution < -0.4 is 0 Å². The van der Waals surface area contributed by atoms with Gasteiger partial charge in [0.25, 0.3) is 0 Å². The maximum absolute atomic E-state index is 2.48. The van der Waals surface area contributed by atoms with E-state index in [1.807, 2.05) is 0 Å². The fourth-order valence-corrected chi connectivity index (χ4v) is 2.40. The van der Waals surface area contributed by atoms with Crippen molar-refractivity contribution in [3.8, 4) is 0 Å². The molecule has 0 bridgehead atoms. The molecule has 0 radical (unpaired) electrons. The molecule has 0 heteroatoms. The Kier molecular flexibility index (Phi) is 0.980. The molecule has 0 heterocycles. The second-order valence-electron chi connectivity index (χ2n) is 4.33. The van der Waals surface area contributed by atoms with Crippen LogP contribution in [0.2, 0.25) is 0 Å². The molecule has 0 aromatic carbocycles. The van der Waals surface area contributed by atoms with E-state index < -0.39 is 0 Å². The van der Waals surface area contributed by atoms with Crippen molar-refractivity contribution < 1.29 is 0 Å². The Bertz CT molecular complexity index is 122. The Morgan fingerprint density at radius 3 is 2.00 bits per heavy atom. The van der Waals surface area contributed by atoms with Crippen molar-refractivity contribution in [3.63, 3.8) is 0 Å². The topological polar surface area (TPSA) is 0 Å². The molecule has 0 spiro atoms. The summed E-state index contributed by atoms with van der Waals surface area (Å²) >= 11 is 0. The van der Waals surface area contributed by atoms with Gasteiger partial charge in [-0.05, 0) is 36.5 Å². The third-order valence-corrected chi connectivity index (χ3v) is 3.50. The van der Waals surface area contributed by atoms with Gasteiger partial charge < -0.3 is 0 Å². The molecule has 2 fully saturated rings. The minimum Gasteiger partial charge on any atom is -0.0622 e. The molecule has 0 amide bonds. The van der Waals surface area contributed by atoms with Gasteiger partial charge in [0.05, 0.1) is 0 Å². The van der Waals surface area contributed by atoms with E-state index in [-0.39, 0.29) is 0 Å². The molecule has 52 valence electrons. The van der Waals surface area contributed by atoms with Gasteiger partial charge >= 0.3 is 0 Å². The van der Waals surface area contributed by atoms with Gasteiger partial charge in [-0.1, -0.05) is 20.3 Å². The van der Waals surface area contributed by atoms with E-state index in [0.717, 1.165) is 17.3 Å². The summed E-state index contributed by atoms with van der Waals surface area (Å²) in [6.07, 6.45) is 6.06. The minimum absolute atomic E-state index is 0.805. The van der Waals surface area contributed by atoms with Crippen LogP contribution in [0.4, 0.5) is 0 Å². The highest BCUT2D eigenvalue weighted by molar-refractivity contribution is 4.99. The molecule has 0 nitrogen and oxygen atoms in total. The average molecular weight is 124 g/mol. The first-order valence-corrected chi connectivity index (χ1v) is 4.22. The Hall–Kier alpha value is 0. The molecule has 0 aliphatic heterocycles. The van der Waals surface area contributed by atoms with E-state index in [1.165, 1.54) is 25.7 Å². The second-order valence-corrected chi connectivity index (χ2v) is 4.33. The smallest absolute Gasteiger partial charge is 0.0295 e. The van der Waals surface area contributed by atoms with Gasteiger partial charge in [0.15, 0.2) is 0 Å². The van der Waals surface area contributed by atoms with Crippen LogP contribution in [0.15, 0.2) is 0 Å². The summed E-state index contributed by atoms with van der Waals surface area (Å²) < 4.78 is 0. The van der Waals surface area contributed by atoms with Crippen molar-refractivity contribution >= 4 is 0 Å². The van der Waals surface area contributed by atoms with Gasteiger partial charge in [0, 0.05) is 0 Å². The van der Waals surface area contributed by atoms with Crippen molar-refractivity contribution in [2.75, 3.05) is 0 Å². The van der Waals surface area contributed by atoms with Gasteiger partial charge in [0.1, 0.15) is 0 Å². The van der Waals surface area contributed by atoms with Crippen LogP contribution in [0.25, 0.3) is 0 Å². The summed E-state index contributed by atoms with van der Waals surface area (Å²) in [4.78, 5) is 0. The normalized spacial score (nSPS) is 46.0. The first-order valence-electron chi connectivity index (χ1n) is 4.22. The molecular formula is C9H16. The van der Waals surface area contributed by atoms with Crippen molar-refractivity contribution in [1.29, 1.82) is 0 Å². The van der Waals surface area contributed by atoms with Gasteiger partial charge in [-0.2, -0.15) is 0 Å². The molecule has 2 unspecified atom stereocenters. The fraction of sp³-hybridized carbons (Fsp3) is 1.00. The lowest BCUT2D eigenvalue weighted by Crippen LogP contribution is -2.28. The van der Waals surface area contributed by atoms with Crippen LogP contribution in [0.3, 0.4) is 0 Å². The second kappa shape index (κ2) is 1.53. The van der Waals surface area contributed by atoms with Crippen LogP contribution in [0, 0.1) is 17.3 Å². The Morgan fingerprint density at radius 2 is 1.89 bits per heavy atom. The van der Waals surface area contributed by atoms with E-state index in [9.17, 15) is 0 Å². The van der Waals surface area contributed by atoms with Crippen molar-refractivity contribution in [2.24, 2.45) is 17.3 Å². The van der Waals surface area contributed by atoms with Crippen LogP contribution in [-0.4, -0.2) is 0 Å². The van der Waals surface area contributed by atoms with Gasteiger partial charge in [-0.15, -0.1) is 0 Å². The Balaban J connectivity index is 1.97. The first kappa shape index (κ1) is 5.76. The summed E-state index contributed by atoms with van der Waals surface area (Å²) in [5.74, 6) is 2.18. The summed E-state index contributed by atoms with van der Waals surface area (Å²) in [6.45, 7) is 4.87. The van der Waals surface area contributed by atoms with Crippen LogP contribution in [0.1, 0.15) is 39.5 Å². The van der Waals surface area contributed by atoms with Crippen LogP contribution in [-0.2, 0) is 0 Å². The fourth-order valence-electron chi connectivity index (χ4n) is 2.40. The number of rotatable bonds is 1. The Morgan fingerprint density at radius 1 is 1.33 bits per heavy atom. The Labute approximate surface area is 57.6 Å². The third-order valence-electron chi connectivity index (χ3n) is 3.50. The maximum Gasteiger partial charge on any atom is -0.0295 e. The summed E-state index contributed by atoms with van der Waals surface area (Å²) in [7, 11) is 0. The molecule has 2 rings (SSSR count). The summed E-state index contributed by atoms with van der Waals surface area (Å²) in [6, 6.07) is 0. The van der Waals surface area contributed by atoms with Gasteiger partial charge in [-0.25, -0.2) is 0 Å². The third kappa shape index (κ3) is 0.720. The van der Waals surface area contributed by atoms with Gasteiger partial charge in [-0.3, -0.25) is 0 Å². The molecule has 0 saturated heterocycles. The van der Waals surface area contributed by atoms with E-state index in [1.54, 1.807) is 0 Å². The lowest BCUT2D eigenvalue weighted by Gasteiger charge is -2.39. The standard InChI is InChI=1S/C9H16/c1-7-6-8(7)9(2)4-3-5-9/h7-8H,3-6H2,1-2H3. The lowest BCUT2D eigenvalue weighted by atomic mass is 9.66. The zero-order valence-electron chi connectivity index (χ0n) is 6.48. The summed E-state index contributed by atoms with van der Waals surface area (Å²) in [5, 5.41) is 0. The van der Waals surface area contributed by atoms with Crippen molar-refractivity contribution in [3.05, 3.63) is 0 Å². The van der Waals surface area contributed by atoms with E-state index >= 15 is 0 Å². The first-order chi connectivity index (χ1) is 4.22. The number of hydrogen-bond donors (Lipinski definition) is 0. The zero-order valence-corrected chi connectivity index (χ0v) is 6.48. The number of hydrogen-bond acceptors (Lipinski definition) is 0. The quantitative estimate of drug-likeness (QED) is 0.504.